The average Bonchev–Trinajstić information content (AvgIpc) is 1.34. The Kier molecular flexibility index (Phi) is 14.2. The maximum absolute atomic E-state index is 9.95. The van der Waals surface area contributed by atoms with Gasteiger partial charge in [-0.25, -0.2) is 0 Å². The molecule has 22 rings (SSSR count). The highest BCUT2D eigenvalue weighted by Crippen LogP contribution is 2.52. The molecule has 2 aliphatic heterocycles. The van der Waals surface area contributed by atoms with Crippen molar-refractivity contribution in [3.8, 4) is 61.6 Å². The average molecular weight is 1510 g/mol. The fraction of sp³-hybridized carbons (Fsp3) is 0.0727. The van der Waals surface area contributed by atoms with E-state index in [1.54, 1.807) is 4.57 Å². The molecule has 0 saturated heterocycles. The molecule has 20 aromatic rings. The van der Waals surface area contributed by atoms with Gasteiger partial charge in [0.1, 0.15) is 0 Å². The van der Waals surface area contributed by atoms with Crippen molar-refractivity contribution in [2.45, 2.75) is 52.4 Å². The lowest BCUT2D eigenvalue weighted by atomic mass is 9.33. The Morgan fingerprint density at radius 1 is 0.248 bits per heavy atom. The zero-order chi connectivity index (χ0) is 85.3. The lowest BCUT2D eigenvalue weighted by Crippen LogP contribution is -2.61. The Morgan fingerprint density at radius 3 is 1.02 bits per heavy atom. The van der Waals surface area contributed by atoms with E-state index in [0.29, 0.717) is 5.69 Å². The van der Waals surface area contributed by atoms with Crippen molar-refractivity contribution in [1.82, 2.24) is 13.7 Å². The summed E-state index contributed by atoms with van der Waals surface area (Å²) < 4.78 is 82.8. The minimum atomic E-state index is -0.559. The van der Waals surface area contributed by atoms with Gasteiger partial charge in [0, 0.05) is 94.9 Å². The summed E-state index contributed by atoms with van der Waals surface area (Å²) in [4.78, 5) is 7.28. The Hall–Kier alpha value is -14.4. The van der Waals surface area contributed by atoms with Gasteiger partial charge in [-0.1, -0.05) is 278 Å². The van der Waals surface area contributed by atoms with Crippen molar-refractivity contribution in [2.24, 2.45) is 0 Å². The maximum atomic E-state index is 9.95. The molecular formula is C110H83BN6. The van der Waals surface area contributed by atoms with Crippen molar-refractivity contribution >= 4 is 140 Å². The topological polar surface area (TPSA) is 24.5 Å². The number of para-hydroxylation sites is 5. The minimum absolute atomic E-state index is 0.00392. The van der Waals surface area contributed by atoms with Crippen molar-refractivity contribution in [3.05, 3.63) is 405 Å². The lowest BCUT2D eigenvalue weighted by molar-refractivity contribution is 0.590. The number of benzene rings is 17. The fourth-order valence-corrected chi connectivity index (χ4v) is 18.5. The van der Waals surface area contributed by atoms with E-state index in [4.69, 9.17) is 2.74 Å². The highest BCUT2D eigenvalue weighted by Gasteiger charge is 2.45. The van der Waals surface area contributed by atoms with E-state index in [1.165, 1.54) is 21.9 Å². The van der Waals surface area contributed by atoms with Gasteiger partial charge < -0.3 is 28.4 Å². The highest BCUT2D eigenvalue weighted by molar-refractivity contribution is 7.00. The third kappa shape index (κ3) is 11.5. The number of hydrogen-bond acceptors (Lipinski definition) is 3. The van der Waals surface area contributed by atoms with Gasteiger partial charge in [0.15, 0.2) is 0 Å². The first-order valence-corrected chi connectivity index (χ1v) is 40.2. The van der Waals surface area contributed by atoms with Crippen LogP contribution in [0.4, 0.5) is 51.2 Å². The van der Waals surface area contributed by atoms with Crippen LogP contribution in [0.5, 0.6) is 0 Å². The first kappa shape index (κ1) is 61.2. The Bertz CT molecular complexity index is 7530. The van der Waals surface area contributed by atoms with Crippen molar-refractivity contribution in [3.63, 3.8) is 0 Å². The summed E-state index contributed by atoms with van der Waals surface area (Å²) in [7, 11) is 0. The number of fused-ring (bicyclic) bond motifs is 13. The Balaban J connectivity index is 0.902. The van der Waals surface area contributed by atoms with E-state index in [1.807, 2.05) is 18.2 Å². The molecule has 0 spiro atoms. The molecule has 0 unspecified atom stereocenters. The normalized spacial score (nSPS) is 13.6. The largest absolute Gasteiger partial charge is 0.311 e. The SMILES string of the molecule is [2H]c1c([2H])c([2H])c2c(c1[2H])c1c([2H])c([2H])c([2H])c([2H])c1n2-c1ccc2c(c1)N(c1cc(-c3ccccc3)cc(-c3ccccc3)c1)c1cc(N(c3ccccc3)c3ccc(-n4c5ccccc5c5ccccc54)cc3)cc3c1B2c1ccc(-n2c4ccc(C(C)(C)C)cc4c4cc(C(C)(C)C)ccc42)cc1N3c1cc(-c2ccccc2)cc(-c2ccccc2)c1. The summed E-state index contributed by atoms with van der Waals surface area (Å²) >= 11 is 0. The van der Waals surface area contributed by atoms with Crippen molar-refractivity contribution < 1.29 is 11.0 Å². The minimum Gasteiger partial charge on any atom is -0.311 e. The molecule has 3 aromatic heterocycles. The standard InChI is InChI=1S/C110H83BN6/c1-109(2,3)80-48-58-102-94(66-80)95-67-81(110(4,5)6)49-59-103(95)115(102)86-55-57-97-105(69-86)117(88-64-78(74-34-16-9-17-35-74)61-79(65-88)75-36-18-10-19-37-75)107-71-89(112(82-38-20-11-21-39-82)83-50-52-84(53-51-83)113-98-44-26-22-40-90(98)91-41-23-27-45-99(91)113)70-106-108(107)111(97)96-56-54-85(114-100-46-28-24-42-92(100)93-43-25-29-47-101(93)114)68-104(96)116(106)87-62-76(72-30-12-7-13-31-72)60-77(63-87)73-32-14-8-15-33-73/h7-71H,1-6H3/i24D,25D,28D,29D,42D,43D,46D,47D. The van der Waals surface area contributed by atoms with E-state index < -0.39 is 43.0 Å². The highest BCUT2D eigenvalue weighted by atomic mass is 15.2. The molecular weight excluding hydrogens is 1420 g/mol. The van der Waals surface area contributed by atoms with Crippen LogP contribution in [-0.4, -0.2) is 20.4 Å². The van der Waals surface area contributed by atoms with Crippen molar-refractivity contribution in [1.29, 1.82) is 0 Å². The zero-order valence-electron chi connectivity index (χ0n) is 73.7. The molecule has 7 heteroatoms. The molecule has 0 atom stereocenters. The summed E-state index contributed by atoms with van der Waals surface area (Å²) in [6.07, 6.45) is 0. The molecule has 0 bridgehead atoms. The molecule has 0 saturated carbocycles. The molecule has 117 heavy (non-hydrogen) atoms. The zero-order valence-corrected chi connectivity index (χ0v) is 65.7. The Labute approximate surface area is 694 Å². The lowest BCUT2D eigenvalue weighted by Gasteiger charge is -2.45. The smallest absolute Gasteiger partial charge is 0.252 e. The molecule has 0 amide bonds. The third-order valence-corrected chi connectivity index (χ3v) is 24.1. The van der Waals surface area contributed by atoms with Crippen LogP contribution in [0.1, 0.15) is 63.6 Å². The van der Waals surface area contributed by atoms with Gasteiger partial charge in [0.2, 0.25) is 0 Å². The monoisotopic (exact) mass is 1510 g/mol. The number of aromatic nitrogens is 3. The molecule has 0 radical (unpaired) electrons. The molecule has 2 aliphatic rings. The van der Waals surface area contributed by atoms with Gasteiger partial charge in [-0.15, -0.1) is 0 Å². The summed E-state index contributed by atoms with van der Waals surface area (Å²) in [6, 6.07) is 121. The number of nitrogens with zero attached hydrogens (tertiary/aromatic N) is 6. The second-order valence-corrected chi connectivity index (χ2v) is 33.1. The third-order valence-electron chi connectivity index (χ3n) is 24.1. The van der Waals surface area contributed by atoms with Crippen LogP contribution in [0, 0.1) is 0 Å². The van der Waals surface area contributed by atoms with E-state index >= 15 is 0 Å². The summed E-state index contributed by atoms with van der Waals surface area (Å²) in [5, 5.41) is 4.66. The van der Waals surface area contributed by atoms with Crippen LogP contribution in [0.3, 0.4) is 0 Å². The predicted molar refractivity (Wildman–Crippen MR) is 497 cm³/mol. The summed E-state index contributed by atoms with van der Waals surface area (Å²) in [5.41, 5.74) is 27.7. The molecule has 17 aromatic carbocycles. The van der Waals surface area contributed by atoms with Crippen molar-refractivity contribution in [2.75, 3.05) is 14.7 Å². The van der Waals surface area contributed by atoms with Crippen LogP contribution in [0.2, 0.25) is 0 Å². The van der Waals surface area contributed by atoms with Crippen LogP contribution < -0.4 is 31.1 Å². The summed E-state index contributed by atoms with van der Waals surface area (Å²) in [6.45, 7) is 13.1. The maximum Gasteiger partial charge on any atom is 0.252 e. The predicted octanol–water partition coefficient (Wildman–Crippen LogP) is 27.8. The second-order valence-electron chi connectivity index (χ2n) is 33.1. The van der Waals surface area contributed by atoms with E-state index in [-0.39, 0.29) is 44.7 Å². The molecule has 0 N–H and O–H groups in total. The quantitative estimate of drug-likeness (QED) is 0.114. The van der Waals surface area contributed by atoms with Crippen LogP contribution in [0.25, 0.3) is 127 Å². The van der Waals surface area contributed by atoms with Crippen LogP contribution in [-0.2, 0) is 10.8 Å². The number of rotatable bonds is 12. The molecule has 0 aliphatic carbocycles. The van der Waals surface area contributed by atoms with Crippen LogP contribution >= 0.6 is 0 Å². The summed E-state index contributed by atoms with van der Waals surface area (Å²) in [5.74, 6) is 0. The van der Waals surface area contributed by atoms with Crippen LogP contribution in [0.15, 0.2) is 394 Å². The second kappa shape index (κ2) is 27.2. The molecule has 0 fully saturated rings. The Morgan fingerprint density at radius 2 is 0.598 bits per heavy atom. The van der Waals surface area contributed by atoms with E-state index in [0.717, 1.165) is 156 Å². The first-order chi connectivity index (χ1) is 60.6. The van der Waals surface area contributed by atoms with Gasteiger partial charge >= 0.3 is 0 Å². The van der Waals surface area contributed by atoms with Gasteiger partial charge in [0.25, 0.3) is 6.71 Å². The fourth-order valence-electron chi connectivity index (χ4n) is 18.5. The van der Waals surface area contributed by atoms with E-state index in [2.05, 4.69) is 393 Å². The molecule has 5 heterocycles. The van der Waals surface area contributed by atoms with Gasteiger partial charge in [-0.3, -0.25) is 0 Å². The molecule has 6 nitrogen and oxygen atoms in total. The van der Waals surface area contributed by atoms with Gasteiger partial charge in [-0.05, 0) is 241 Å². The number of hydrogen-bond donors (Lipinski definition) is 0. The number of anilines is 9. The molecule has 556 valence electrons. The van der Waals surface area contributed by atoms with Gasteiger partial charge in [-0.2, -0.15) is 0 Å². The van der Waals surface area contributed by atoms with E-state index in [9.17, 15) is 8.22 Å². The van der Waals surface area contributed by atoms with Gasteiger partial charge in [0.05, 0.1) is 49.8 Å². The first-order valence-electron chi connectivity index (χ1n) is 44.2.